The molecule has 36 heavy (non-hydrogen) atoms. The number of ether oxygens (including phenoxy) is 1. The lowest BCUT2D eigenvalue weighted by atomic mass is 9.81. The van der Waals surface area contributed by atoms with Gasteiger partial charge < -0.3 is 19.0 Å². The van der Waals surface area contributed by atoms with E-state index in [1.54, 1.807) is 23.2 Å². The third-order valence-corrected chi connectivity index (χ3v) is 7.08. The van der Waals surface area contributed by atoms with Crippen LogP contribution in [0, 0.1) is 0 Å². The van der Waals surface area contributed by atoms with Crippen LogP contribution in [0.1, 0.15) is 65.6 Å². The van der Waals surface area contributed by atoms with Crippen molar-refractivity contribution in [1.29, 1.82) is 0 Å². The lowest BCUT2D eigenvalue weighted by Gasteiger charge is -2.35. The molecular formula is C27H29ClN4O4. The highest BCUT2D eigenvalue weighted by Gasteiger charge is 2.33. The van der Waals surface area contributed by atoms with Crippen LogP contribution in [0.15, 0.2) is 53.3 Å². The van der Waals surface area contributed by atoms with Crippen LogP contribution >= 0.6 is 11.6 Å². The third kappa shape index (κ3) is 5.23. The Hall–Kier alpha value is -3.39. The van der Waals surface area contributed by atoms with E-state index in [1.807, 2.05) is 31.2 Å². The van der Waals surface area contributed by atoms with E-state index in [0.717, 1.165) is 29.7 Å². The van der Waals surface area contributed by atoms with E-state index < -0.39 is 0 Å². The predicted octanol–water partition coefficient (Wildman–Crippen LogP) is 4.80. The Labute approximate surface area is 215 Å². The first-order valence-electron chi connectivity index (χ1n) is 12.4. The number of esters is 1. The molecule has 2 aromatic heterocycles. The summed E-state index contributed by atoms with van der Waals surface area (Å²) in [6.45, 7) is 4.33. The maximum atomic E-state index is 12.6. The van der Waals surface area contributed by atoms with Crippen LogP contribution in [0.3, 0.4) is 0 Å². The zero-order chi connectivity index (χ0) is 25.1. The van der Waals surface area contributed by atoms with Gasteiger partial charge >= 0.3 is 5.97 Å². The van der Waals surface area contributed by atoms with Gasteiger partial charge in [-0.15, -0.1) is 0 Å². The van der Waals surface area contributed by atoms with E-state index in [9.17, 15) is 9.59 Å². The summed E-state index contributed by atoms with van der Waals surface area (Å²) in [5.74, 6) is 0.833. The molecule has 8 nitrogen and oxygen atoms in total. The van der Waals surface area contributed by atoms with Crippen LogP contribution < -0.4 is 4.90 Å². The van der Waals surface area contributed by atoms with Crippen molar-refractivity contribution in [2.75, 3.05) is 31.1 Å². The number of carbonyl (C=O) groups is 2. The number of benzene rings is 1. The van der Waals surface area contributed by atoms with Crippen molar-refractivity contribution in [3.8, 4) is 0 Å². The molecule has 0 spiro atoms. The highest BCUT2D eigenvalue weighted by Crippen LogP contribution is 2.40. The average molecular weight is 509 g/mol. The largest absolute Gasteiger partial charge is 0.459 e. The lowest BCUT2D eigenvalue weighted by Crippen LogP contribution is -2.49. The molecule has 0 radical (unpaired) electrons. The predicted molar refractivity (Wildman–Crippen MR) is 135 cm³/mol. The Bertz CT molecular complexity index is 1210. The van der Waals surface area contributed by atoms with Gasteiger partial charge in [0.15, 0.2) is 5.76 Å². The Balaban J connectivity index is 1.34. The average Bonchev–Trinajstić information content (AvgIpc) is 3.44. The fourth-order valence-corrected chi connectivity index (χ4v) is 5.02. The fraction of sp³-hybridized carbons (Fsp3) is 0.407. The van der Waals surface area contributed by atoms with E-state index >= 15 is 0 Å². The number of anilines is 1. The van der Waals surface area contributed by atoms with Crippen molar-refractivity contribution >= 4 is 29.4 Å². The minimum absolute atomic E-state index is 0.103. The molecule has 1 saturated heterocycles. The quantitative estimate of drug-likeness (QED) is 0.442. The highest BCUT2D eigenvalue weighted by molar-refractivity contribution is 6.30. The minimum Gasteiger partial charge on any atom is -0.459 e. The van der Waals surface area contributed by atoms with Gasteiger partial charge in [-0.1, -0.05) is 30.7 Å². The van der Waals surface area contributed by atoms with Crippen molar-refractivity contribution in [3.63, 3.8) is 0 Å². The van der Waals surface area contributed by atoms with Crippen molar-refractivity contribution in [2.24, 2.45) is 0 Å². The number of rotatable bonds is 6. The summed E-state index contributed by atoms with van der Waals surface area (Å²) in [5.41, 5.74) is 2.92. The number of amides is 1. The normalized spacial score (nSPS) is 19.6. The molecule has 188 valence electrons. The first-order chi connectivity index (χ1) is 17.5. The van der Waals surface area contributed by atoms with Crippen molar-refractivity contribution in [3.05, 3.63) is 76.5 Å². The van der Waals surface area contributed by atoms with Gasteiger partial charge in [-0.3, -0.25) is 9.59 Å². The molecule has 1 fully saturated rings. The Kier molecular flexibility index (Phi) is 7.23. The summed E-state index contributed by atoms with van der Waals surface area (Å²) >= 11 is 6.10. The van der Waals surface area contributed by atoms with Gasteiger partial charge in [0.2, 0.25) is 5.95 Å². The zero-order valence-electron chi connectivity index (χ0n) is 20.2. The van der Waals surface area contributed by atoms with Crippen LogP contribution in [-0.4, -0.2) is 52.9 Å². The minimum atomic E-state index is -0.384. The second-order valence-electron chi connectivity index (χ2n) is 9.25. The standard InChI is InChI=1S/C27H29ClN4O4/c1-2-4-25(33)36-24-16-19(18-6-8-20(28)9-7-18)15-22-21(24)17-29-27(30-22)32-12-10-31(11-13-32)26(34)23-5-3-14-35-23/h3,5-9,14,17,19,24H,2,4,10-13,15-16H2,1H3. The second-order valence-corrected chi connectivity index (χ2v) is 9.68. The summed E-state index contributed by atoms with van der Waals surface area (Å²) in [5, 5.41) is 0.690. The molecule has 2 unspecified atom stereocenters. The van der Waals surface area contributed by atoms with Gasteiger partial charge in [0, 0.05) is 49.4 Å². The monoisotopic (exact) mass is 508 g/mol. The molecule has 0 saturated carbocycles. The summed E-state index contributed by atoms with van der Waals surface area (Å²) in [4.78, 5) is 38.4. The number of furan rings is 1. The van der Waals surface area contributed by atoms with Gasteiger partial charge in [-0.2, -0.15) is 0 Å². The lowest BCUT2D eigenvalue weighted by molar-refractivity contribution is -0.150. The first kappa shape index (κ1) is 24.3. The molecule has 0 bridgehead atoms. The number of fused-ring (bicyclic) bond motifs is 1. The molecule has 2 atom stereocenters. The van der Waals surface area contributed by atoms with E-state index in [1.165, 1.54) is 6.26 Å². The van der Waals surface area contributed by atoms with E-state index in [4.69, 9.17) is 25.7 Å². The summed E-state index contributed by atoms with van der Waals surface area (Å²) in [7, 11) is 0. The summed E-state index contributed by atoms with van der Waals surface area (Å²) in [6, 6.07) is 11.2. The van der Waals surface area contributed by atoms with Gasteiger partial charge in [0.1, 0.15) is 6.10 Å². The number of hydrogen-bond acceptors (Lipinski definition) is 7. The number of nitrogens with zero attached hydrogens (tertiary/aromatic N) is 4. The van der Waals surface area contributed by atoms with Crippen molar-refractivity contribution in [1.82, 2.24) is 14.9 Å². The number of carbonyl (C=O) groups excluding carboxylic acids is 2. The maximum absolute atomic E-state index is 12.6. The summed E-state index contributed by atoms with van der Waals surface area (Å²) < 4.78 is 11.1. The first-order valence-corrected chi connectivity index (χ1v) is 12.8. The zero-order valence-corrected chi connectivity index (χ0v) is 21.0. The molecule has 9 heteroatoms. The molecule has 2 aliphatic rings. The highest BCUT2D eigenvalue weighted by atomic mass is 35.5. The Morgan fingerprint density at radius 3 is 2.61 bits per heavy atom. The Morgan fingerprint density at radius 2 is 1.92 bits per heavy atom. The van der Waals surface area contributed by atoms with Crippen LogP contribution in [-0.2, 0) is 16.0 Å². The topological polar surface area (TPSA) is 88.8 Å². The molecule has 3 aromatic rings. The number of halogens is 1. The van der Waals surface area contributed by atoms with Gasteiger partial charge in [-0.05, 0) is 55.0 Å². The maximum Gasteiger partial charge on any atom is 0.306 e. The number of aromatic nitrogens is 2. The third-order valence-electron chi connectivity index (χ3n) is 6.82. The smallest absolute Gasteiger partial charge is 0.306 e. The van der Waals surface area contributed by atoms with Crippen molar-refractivity contribution < 1.29 is 18.7 Å². The molecule has 3 heterocycles. The van der Waals surface area contributed by atoms with Gasteiger partial charge in [0.05, 0.1) is 12.0 Å². The SMILES string of the molecule is CCCC(=O)OC1CC(c2ccc(Cl)cc2)Cc2nc(N3CCN(C(=O)c4ccco4)CC3)ncc21. The molecule has 1 aliphatic heterocycles. The fourth-order valence-electron chi connectivity index (χ4n) is 4.89. The molecule has 1 amide bonds. The van der Waals surface area contributed by atoms with Crippen LogP contribution in [0.25, 0.3) is 0 Å². The van der Waals surface area contributed by atoms with E-state index in [2.05, 4.69) is 9.88 Å². The molecular weight excluding hydrogens is 480 g/mol. The van der Waals surface area contributed by atoms with Crippen molar-refractivity contribution in [2.45, 2.75) is 44.6 Å². The van der Waals surface area contributed by atoms with E-state index in [-0.39, 0.29) is 23.9 Å². The number of hydrogen-bond donors (Lipinski definition) is 0. The molecule has 5 rings (SSSR count). The van der Waals surface area contributed by atoms with E-state index in [0.29, 0.717) is 55.8 Å². The van der Waals surface area contributed by atoms with Crippen LogP contribution in [0.5, 0.6) is 0 Å². The Morgan fingerprint density at radius 1 is 1.14 bits per heavy atom. The second kappa shape index (κ2) is 10.7. The summed E-state index contributed by atoms with van der Waals surface area (Å²) in [6.07, 6.45) is 5.46. The molecule has 0 N–H and O–H groups in total. The van der Waals surface area contributed by atoms with Crippen LogP contribution in [0.4, 0.5) is 5.95 Å². The molecule has 1 aromatic carbocycles. The van der Waals surface area contributed by atoms with Gasteiger partial charge in [0.25, 0.3) is 5.91 Å². The van der Waals surface area contributed by atoms with Gasteiger partial charge in [-0.25, -0.2) is 9.97 Å². The van der Waals surface area contributed by atoms with Crippen LogP contribution in [0.2, 0.25) is 5.02 Å². The number of piperazine rings is 1. The molecule has 1 aliphatic carbocycles.